The smallest absolute Gasteiger partial charge is 0.255 e. The summed E-state index contributed by atoms with van der Waals surface area (Å²) in [7, 11) is 3.18. The molecule has 0 radical (unpaired) electrons. The van der Waals surface area contributed by atoms with Gasteiger partial charge in [-0.3, -0.25) is 9.59 Å². The minimum Gasteiger partial charge on any atom is -0.497 e. The molecule has 148 valence electrons. The lowest BCUT2D eigenvalue weighted by atomic mass is 10.1. The number of anilines is 2. The number of amides is 2. The third kappa shape index (κ3) is 5.59. The van der Waals surface area contributed by atoms with Crippen molar-refractivity contribution in [2.24, 2.45) is 0 Å². The van der Waals surface area contributed by atoms with Crippen LogP contribution in [0.3, 0.4) is 0 Å². The molecular formula is C23H22N2O4. The average Bonchev–Trinajstić information content (AvgIpc) is 2.74. The first-order valence-electron chi connectivity index (χ1n) is 9.05. The summed E-state index contributed by atoms with van der Waals surface area (Å²) in [6.07, 6.45) is 0.233. The second-order valence-electron chi connectivity index (χ2n) is 6.34. The van der Waals surface area contributed by atoms with Gasteiger partial charge in [0.05, 0.1) is 20.6 Å². The first-order valence-corrected chi connectivity index (χ1v) is 9.05. The van der Waals surface area contributed by atoms with Crippen LogP contribution >= 0.6 is 0 Å². The zero-order chi connectivity index (χ0) is 20.6. The molecule has 3 aromatic carbocycles. The molecule has 29 heavy (non-hydrogen) atoms. The van der Waals surface area contributed by atoms with Gasteiger partial charge < -0.3 is 20.1 Å². The van der Waals surface area contributed by atoms with Gasteiger partial charge in [-0.15, -0.1) is 0 Å². The van der Waals surface area contributed by atoms with E-state index in [2.05, 4.69) is 10.6 Å². The quantitative estimate of drug-likeness (QED) is 0.636. The number of carbonyl (C=O) groups is 2. The van der Waals surface area contributed by atoms with E-state index in [1.54, 1.807) is 62.8 Å². The number of hydrogen-bond acceptors (Lipinski definition) is 4. The maximum Gasteiger partial charge on any atom is 0.255 e. The summed E-state index contributed by atoms with van der Waals surface area (Å²) in [6, 6.07) is 21.2. The standard InChI is InChI=1S/C23H22N2O4/c1-28-20-12-10-19(11-13-20)25-23(27)17-6-8-18(9-7-17)24-22(26)15-16-4-3-5-21(14-16)29-2/h3-14H,15H2,1-2H3,(H,24,26)(H,25,27). The summed E-state index contributed by atoms with van der Waals surface area (Å²) in [5.74, 6) is 1.05. The van der Waals surface area contributed by atoms with E-state index in [9.17, 15) is 9.59 Å². The van der Waals surface area contributed by atoms with Crippen LogP contribution in [0.2, 0.25) is 0 Å². The van der Waals surface area contributed by atoms with Crippen molar-refractivity contribution in [3.63, 3.8) is 0 Å². The Balaban J connectivity index is 1.57. The zero-order valence-corrected chi connectivity index (χ0v) is 16.3. The molecule has 0 spiro atoms. The normalized spacial score (nSPS) is 10.1. The Labute approximate surface area is 169 Å². The third-order valence-electron chi connectivity index (χ3n) is 4.28. The number of ether oxygens (including phenoxy) is 2. The monoisotopic (exact) mass is 390 g/mol. The van der Waals surface area contributed by atoms with Crippen LogP contribution < -0.4 is 20.1 Å². The van der Waals surface area contributed by atoms with Crippen molar-refractivity contribution in [1.82, 2.24) is 0 Å². The molecule has 6 nitrogen and oxygen atoms in total. The Kier molecular flexibility index (Phi) is 6.47. The van der Waals surface area contributed by atoms with E-state index in [1.807, 2.05) is 24.3 Å². The van der Waals surface area contributed by atoms with Gasteiger partial charge in [0.25, 0.3) is 5.91 Å². The Bertz CT molecular complexity index is 983. The van der Waals surface area contributed by atoms with Crippen molar-refractivity contribution in [2.75, 3.05) is 24.9 Å². The summed E-state index contributed by atoms with van der Waals surface area (Å²) in [5, 5.41) is 5.65. The molecule has 0 aliphatic carbocycles. The molecule has 3 rings (SSSR count). The van der Waals surface area contributed by atoms with Crippen LogP contribution in [0.25, 0.3) is 0 Å². The van der Waals surface area contributed by atoms with Crippen molar-refractivity contribution in [3.8, 4) is 11.5 Å². The number of nitrogens with one attached hydrogen (secondary N) is 2. The molecule has 0 aliphatic heterocycles. The fourth-order valence-corrected chi connectivity index (χ4v) is 2.76. The van der Waals surface area contributed by atoms with Crippen molar-refractivity contribution in [2.45, 2.75) is 6.42 Å². The predicted molar refractivity (Wildman–Crippen MR) is 113 cm³/mol. The maximum absolute atomic E-state index is 12.4. The maximum atomic E-state index is 12.4. The van der Waals surface area contributed by atoms with Crippen LogP contribution in [0.15, 0.2) is 72.8 Å². The van der Waals surface area contributed by atoms with E-state index in [1.165, 1.54) is 0 Å². The van der Waals surface area contributed by atoms with Gasteiger partial charge in [-0.25, -0.2) is 0 Å². The van der Waals surface area contributed by atoms with E-state index < -0.39 is 0 Å². The minimum absolute atomic E-state index is 0.145. The largest absolute Gasteiger partial charge is 0.497 e. The second kappa shape index (κ2) is 9.41. The molecule has 0 aliphatic rings. The summed E-state index contributed by atoms with van der Waals surface area (Å²) < 4.78 is 10.3. The minimum atomic E-state index is -0.232. The average molecular weight is 390 g/mol. The molecule has 0 bridgehead atoms. The number of methoxy groups -OCH3 is 2. The Morgan fingerprint density at radius 3 is 2.03 bits per heavy atom. The number of benzene rings is 3. The molecule has 2 amide bonds. The highest BCUT2D eigenvalue weighted by molar-refractivity contribution is 6.04. The van der Waals surface area contributed by atoms with Gasteiger partial charge in [0.15, 0.2) is 0 Å². The van der Waals surface area contributed by atoms with Gasteiger partial charge >= 0.3 is 0 Å². The highest BCUT2D eigenvalue weighted by Crippen LogP contribution is 2.17. The van der Waals surface area contributed by atoms with Gasteiger partial charge in [0.1, 0.15) is 11.5 Å². The number of hydrogen-bond donors (Lipinski definition) is 2. The number of carbonyl (C=O) groups excluding carboxylic acids is 2. The molecule has 0 unspecified atom stereocenters. The van der Waals surface area contributed by atoms with Crippen LogP contribution in [-0.4, -0.2) is 26.0 Å². The second-order valence-corrected chi connectivity index (χ2v) is 6.34. The van der Waals surface area contributed by atoms with E-state index >= 15 is 0 Å². The van der Waals surface area contributed by atoms with Crippen LogP contribution in [0.5, 0.6) is 11.5 Å². The van der Waals surface area contributed by atoms with Crippen molar-refractivity contribution < 1.29 is 19.1 Å². The van der Waals surface area contributed by atoms with Crippen LogP contribution in [0.1, 0.15) is 15.9 Å². The lowest BCUT2D eigenvalue weighted by Crippen LogP contribution is -2.15. The SMILES string of the molecule is COc1ccc(NC(=O)c2ccc(NC(=O)Cc3cccc(OC)c3)cc2)cc1. The topological polar surface area (TPSA) is 76.7 Å². The van der Waals surface area contributed by atoms with Crippen molar-refractivity contribution in [3.05, 3.63) is 83.9 Å². The van der Waals surface area contributed by atoms with Gasteiger partial charge in [0.2, 0.25) is 5.91 Å². The fraction of sp³-hybridized carbons (Fsp3) is 0.130. The molecule has 0 saturated heterocycles. The highest BCUT2D eigenvalue weighted by Gasteiger charge is 2.08. The molecule has 0 fully saturated rings. The first kappa shape index (κ1) is 19.9. The molecule has 0 atom stereocenters. The summed E-state index contributed by atoms with van der Waals surface area (Å²) in [4.78, 5) is 24.6. The van der Waals surface area contributed by atoms with Gasteiger partial charge in [-0.1, -0.05) is 12.1 Å². The van der Waals surface area contributed by atoms with Crippen LogP contribution in [-0.2, 0) is 11.2 Å². The van der Waals surface area contributed by atoms with E-state index in [0.29, 0.717) is 22.7 Å². The lowest BCUT2D eigenvalue weighted by molar-refractivity contribution is -0.115. The van der Waals surface area contributed by atoms with Crippen molar-refractivity contribution in [1.29, 1.82) is 0 Å². The van der Waals surface area contributed by atoms with E-state index in [-0.39, 0.29) is 18.2 Å². The van der Waals surface area contributed by atoms with Crippen molar-refractivity contribution >= 4 is 23.2 Å². The molecule has 0 saturated carbocycles. The first-order chi connectivity index (χ1) is 14.1. The highest BCUT2D eigenvalue weighted by atomic mass is 16.5. The summed E-state index contributed by atoms with van der Waals surface area (Å²) >= 11 is 0. The predicted octanol–water partition coefficient (Wildman–Crippen LogP) is 4.14. The Morgan fingerprint density at radius 1 is 0.759 bits per heavy atom. The fourth-order valence-electron chi connectivity index (χ4n) is 2.76. The van der Waals surface area contributed by atoms with Crippen LogP contribution in [0, 0.1) is 0 Å². The Hall–Kier alpha value is -3.80. The summed E-state index contributed by atoms with van der Waals surface area (Å²) in [5.41, 5.74) is 2.65. The van der Waals surface area contributed by atoms with Gasteiger partial charge in [-0.2, -0.15) is 0 Å². The van der Waals surface area contributed by atoms with Gasteiger partial charge in [-0.05, 0) is 66.2 Å². The molecule has 0 aromatic heterocycles. The van der Waals surface area contributed by atoms with E-state index in [4.69, 9.17) is 9.47 Å². The molecular weight excluding hydrogens is 368 g/mol. The van der Waals surface area contributed by atoms with Crippen LogP contribution in [0.4, 0.5) is 11.4 Å². The molecule has 2 N–H and O–H groups in total. The van der Waals surface area contributed by atoms with E-state index in [0.717, 1.165) is 11.3 Å². The third-order valence-corrected chi connectivity index (χ3v) is 4.28. The molecule has 0 heterocycles. The Morgan fingerprint density at radius 2 is 1.38 bits per heavy atom. The summed E-state index contributed by atoms with van der Waals surface area (Å²) in [6.45, 7) is 0. The molecule has 3 aromatic rings. The van der Waals surface area contributed by atoms with Gasteiger partial charge in [0, 0.05) is 16.9 Å². The molecule has 6 heteroatoms. The zero-order valence-electron chi connectivity index (χ0n) is 16.3. The lowest BCUT2D eigenvalue weighted by Gasteiger charge is -2.09. The number of rotatable bonds is 7.